The number of rotatable bonds is 6. The lowest BCUT2D eigenvalue weighted by Gasteiger charge is -2.32. The molecule has 1 atom stereocenters. The summed E-state index contributed by atoms with van der Waals surface area (Å²) in [5, 5.41) is 3.13. The van der Waals surface area contributed by atoms with Crippen molar-refractivity contribution in [1.29, 1.82) is 0 Å². The Labute approximate surface area is 173 Å². The largest absolute Gasteiger partial charge is 0.354 e. The van der Waals surface area contributed by atoms with Crippen LogP contribution >= 0.6 is 0 Å². The molecule has 0 spiro atoms. The zero-order valence-corrected chi connectivity index (χ0v) is 17.6. The number of nitrogens with zero attached hydrogens (tertiary/aromatic N) is 2. The van der Waals surface area contributed by atoms with Crippen LogP contribution in [0.2, 0.25) is 0 Å². The number of hydrogen-bond donors (Lipinski definition) is 1. The van der Waals surface area contributed by atoms with E-state index in [9.17, 15) is 9.59 Å². The lowest BCUT2D eigenvalue weighted by molar-refractivity contribution is -0.126. The van der Waals surface area contributed by atoms with Gasteiger partial charge in [0, 0.05) is 31.1 Å². The highest BCUT2D eigenvalue weighted by Crippen LogP contribution is 2.21. The summed E-state index contributed by atoms with van der Waals surface area (Å²) < 4.78 is 0. The molecule has 0 unspecified atom stereocenters. The molecule has 3 rings (SSSR count). The molecule has 0 radical (unpaired) electrons. The topological polar surface area (TPSA) is 52.7 Å². The number of hydrogen-bond acceptors (Lipinski definition) is 3. The molecule has 1 fully saturated rings. The molecule has 2 amide bonds. The molecule has 0 aliphatic carbocycles. The minimum Gasteiger partial charge on any atom is -0.354 e. The van der Waals surface area contributed by atoms with Crippen molar-refractivity contribution in [2.24, 2.45) is 5.92 Å². The van der Waals surface area contributed by atoms with E-state index in [2.05, 4.69) is 22.3 Å². The van der Waals surface area contributed by atoms with Crippen molar-refractivity contribution >= 4 is 11.8 Å². The molecular formula is C24H31N3O2. The van der Waals surface area contributed by atoms with Crippen LogP contribution < -0.4 is 5.32 Å². The number of nitrogens with one attached hydrogen (secondary N) is 1. The second-order valence-electron chi connectivity index (χ2n) is 8.02. The predicted molar refractivity (Wildman–Crippen MR) is 116 cm³/mol. The monoisotopic (exact) mass is 393 g/mol. The molecule has 1 saturated heterocycles. The van der Waals surface area contributed by atoms with E-state index in [4.69, 9.17) is 0 Å². The number of carbonyl (C=O) groups is 2. The average Bonchev–Trinajstić information content (AvgIpc) is 2.74. The van der Waals surface area contributed by atoms with Gasteiger partial charge in [0.25, 0.3) is 5.91 Å². The fraction of sp³-hybridized carbons (Fsp3) is 0.417. The fourth-order valence-electron chi connectivity index (χ4n) is 3.94. The second-order valence-corrected chi connectivity index (χ2v) is 8.02. The lowest BCUT2D eigenvalue weighted by Crippen LogP contribution is -2.44. The molecule has 29 heavy (non-hydrogen) atoms. The van der Waals surface area contributed by atoms with E-state index < -0.39 is 0 Å². The van der Waals surface area contributed by atoms with Gasteiger partial charge in [-0.15, -0.1) is 0 Å². The van der Waals surface area contributed by atoms with Crippen molar-refractivity contribution in [3.63, 3.8) is 0 Å². The quantitative estimate of drug-likeness (QED) is 0.820. The smallest absolute Gasteiger partial charge is 0.254 e. The maximum Gasteiger partial charge on any atom is 0.254 e. The molecular weight excluding hydrogens is 362 g/mol. The third-order valence-electron chi connectivity index (χ3n) is 5.81. The highest BCUT2D eigenvalue weighted by atomic mass is 16.2. The summed E-state index contributed by atoms with van der Waals surface area (Å²) in [5.74, 6) is 0.129. The molecule has 1 aliphatic rings. The van der Waals surface area contributed by atoms with Crippen LogP contribution in [0.25, 0.3) is 0 Å². The summed E-state index contributed by atoms with van der Waals surface area (Å²) >= 11 is 0. The number of benzene rings is 2. The van der Waals surface area contributed by atoms with Crippen molar-refractivity contribution in [3.8, 4) is 0 Å². The molecule has 2 aromatic carbocycles. The molecule has 0 bridgehead atoms. The van der Waals surface area contributed by atoms with Crippen LogP contribution in [0, 0.1) is 12.8 Å². The lowest BCUT2D eigenvalue weighted by atomic mass is 9.94. The summed E-state index contributed by atoms with van der Waals surface area (Å²) in [4.78, 5) is 29.5. The Morgan fingerprint density at radius 3 is 2.28 bits per heavy atom. The van der Waals surface area contributed by atoms with Gasteiger partial charge in [-0.25, -0.2) is 0 Å². The molecule has 0 aromatic heterocycles. The molecule has 5 heteroatoms. The Bertz CT molecular complexity index is 827. The van der Waals surface area contributed by atoms with E-state index in [1.807, 2.05) is 68.4 Å². The van der Waals surface area contributed by atoms with Gasteiger partial charge in [-0.2, -0.15) is 0 Å². The standard InChI is InChI=1S/C24H31N3O2/c1-18-9-7-8-12-21(18)24(29)27-15-13-20(14-16-27)23(28)25-17-22(26(2)3)19-10-5-4-6-11-19/h4-12,20,22H,13-17H2,1-3H3,(H,25,28)/t22-/m0/s1. The Morgan fingerprint density at radius 1 is 1.03 bits per heavy atom. The van der Waals surface area contributed by atoms with E-state index in [0.29, 0.717) is 32.5 Å². The number of likely N-dealkylation sites (N-methyl/N-ethyl adjacent to an activating group) is 1. The maximum atomic E-state index is 12.8. The third-order valence-corrected chi connectivity index (χ3v) is 5.81. The van der Waals surface area contributed by atoms with E-state index in [1.54, 1.807) is 0 Å². The minimum atomic E-state index is -0.0329. The predicted octanol–water partition coefficient (Wildman–Crippen LogP) is 3.27. The van der Waals surface area contributed by atoms with E-state index in [1.165, 1.54) is 5.56 Å². The van der Waals surface area contributed by atoms with Gasteiger partial charge in [0.15, 0.2) is 0 Å². The summed E-state index contributed by atoms with van der Waals surface area (Å²) in [5.41, 5.74) is 2.94. The Hall–Kier alpha value is -2.66. The normalized spacial score (nSPS) is 15.9. The SMILES string of the molecule is Cc1ccccc1C(=O)N1CCC(C(=O)NC[C@@H](c2ccccc2)N(C)C)CC1. The van der Waals surface area contributed by atoms with Crippen molar-refractivity contribution in [3.05, 3.63) is 71.3 Å². The van der Waals surface area contributed by atoms with Gasteiger partial charge in [0.1, 0.15) is 0 Å². The van der Waals surface area contributed by atoms with Gasteiger partial charge in [0.2, 0.25) is 5.91 Å². The van der Waals surface area contributed by atoms with Crippen LogP contribution in [0.1, 0.15) is 40.4 Å². The second kappa shape index (κ2) is 9.70. The average molecular weight is 394 g/mol. The Morgan fingerprint density at radius 2 is 1.66 bits per heavy atom. The van der Waals surface area contributed by atoms with Gasteiger partial charge in [-0.05, 0) is 51.1 Å². The zero-order valence-electron chi connectivity index (χ0n) is 17.6. The number of piperidine rings is 1. The summed E-state index contributed by atoms with van der Waals surface area (Å²) in [6.45, 7) is 3.79. The van der Waals surface area contributed by atoms with E-state index in [0.717, 1.165) is 11.1 Å². The maximum absolute atomic E-state index is 12.8. The molecule has 1 N–H and O–H groups in total. The first-order chi connectivity index (χ1) is 14.0. The summed E-state index contributed by atoms with van der Waals surface area (Å²) in [6.07, 6.45) is 1.42. The molecule has 5 nitrogen and oxygen atoms in total. The number of aryl methyl sites for hydroxylation is 1. The van der Waals surface area contributed by atoms with Crippen LogP contribution in [0.5, 0.6) is 0 Å². The number of carbonyl (C=O) groups excluding carboxylic acids is 2. The Balaban J connectivity index is 1.52. The molecule has 154 valence electrons. The number of likely N-dealkylation sites (tertiary alicyclic amines) is 1. The van der Waals surface area contributed by atoms with Gasteiger partial charge in [-0.1, -0.05) is 48.5 Å². The summed E-state index contributed by atoms with van der Waals surface area (Å²) in [6, 6.07) is 18.0. The van der Waals surface area contributed by atoms with Crippen molar-refractivity contribution in [2.75, 3.05) is 33.7 Å². The van der Waals surface area contributed by atoms with Gasteiger partial charge in [-0.3, -0.25) is 9.59 Å². The van der Waals surface area contributed by atoms with Crippen molar-refractivity contribution in [2.45, 2.75) is 25.8 Å². The Kier molecular flexibility index (Phi) is 7.04. The summed E-state index contributed by atoms with van der Waals surface area (Å²) in [7, 11) is 4.05. The molecule has 0 saturated carbocycles. The first-order valence-corrected chi connectivity index (χ1v) is 10.3. The van der Waals surface area contributed by atoms with Crippen LogP contribution in [0.4, 0.5) is 0 Å². The van der Waals surface area contributed by atoms with Gasteiger partial charge < -0.3 is 15.1 Å². The molecule has 1 heterocycles. The first-order valence-electron chi connectivity index (χ1n) is 10.3. The van der Waals surface area contributed by atoms with Crippen molar-refractivity contribution in [1.82, 2.24) is 15.1 Å². The van der Waals surface area contributed by atoms with Crippen LogP contribution in [-0.4, -0.2) is 55.3 Å². The van der Waals surface area contributed by atoms with E-state index >= 15 is 0 Å². The van der Waals surface area contributed by atoms with Crippen molar-refractivity contribution < 1.29 is 9.59 Å². The van der Waals surface area contributed by atoms with Crippen LogP contribution in [-0.2, 0) is 4.79 Å². The fourth-order valence-corrected chi connectivity index (χ4v) is 3.94. The molecule has 2 aromatic rings. The van der Waals surface area contributed by atoms with E-state index in [-0.39, 0.29) is 23.8 Å². The number of amides is 2. The molecule has 1 aliphatic heterocycles. The minimum absolute atomic E-state index is 0.0329. The highest BCUT2D eigenvalue weighted by Gasteiger charge is 2.28. The van der Waals surface area contributed by atoms with Gasteiger partial charge in [0.05, 0.1) is 6.04 Å². The third kappa shape index (κ3) is 5.24. The van der Waals surface area contributed by atoms with Gasteiger partial charge >= 0.3 is 0 Å². The highest BCUT2D eigenvalue weighted by molar-refractivity contribution is 5.95. The van der Waals surface area contributed by atoms with Crippen LogP contribution in [0.15, 0.2) is 54.6 Å². The zero-order chi connectivity index (χ0) is 20.8. The first kappa shape index (κ1) is 21.1. The van der Waals surface area contributed by atoms with Crippen LogP contribution in [0.3, 0.4) is 0 Å².